The lowest BCUT2D eigenvalue weighted by Gasteiger charge is -2.18. The zero-order valence-corrected chi connectivity index (χ0v) is 11.4. The maximum absolute atomic E-state index is 8.49. The van der Waals surface area contributed by atoms with Gasteiger partial charge in [0.2, 0.25) is 0 Å². The van der Waals surface area contributed by atoms with E-state index in [1.54, 1.807) is 12.3 Å². The fourth-order valence-corrected chi connectivity index (χ4v) is 2.68. The Morgan fingerprint density at radius 1 is 1.42 bits per heavy atom. The maximum Gasteiger partial charge on any atom is 0.152 e. The molecule has 0 bridgehead atoms. The summed E-state index contributed by atoms with van der Waals surface area (Å²) in [6, 6.07) is 3.34. The first-order valence-electron chi connectivity index (χ1n) is 5.84. The lowest BCUT2D eigenvalue weighted by atomic mass is 10.1. The highest BCUT2D eigenvalue weighted by molar-refractivity contribution is 9.10. The number of azide groups is 1. The summed E-state index contributed by atoms with van der Waals surface area (Å²) < 4.78 is 17.7. The third-order valence-corrected chi connectivity index (χ3v) is 3.78. The highest BCUT2D eigenvalue weighted by atomic mass is 79.9. The predicted octanol–water partition coefficient (Wildman–Crippen LogP) is 2.07. The van der Waals surface area contributed by atoms with Gasteiger partial charge in [0.25, 0.3) is 0 Å². The summed E-state index contributed by atoms with van der Waals surface area (Å²) in [7, 11) is 0. The lowest BCUT2D eigenvalue weighted by molar-refractivity contribution is 0.0301. The number of pyridine rings is 1. The van der Waals surface area contributed by atoms with Crippen molar-refractivity contribution in [1.82, 2.24) is 4.98 Å². The van der Waals surface area contributed by atoms with Gasteiger partial charge in [-0.3, -0.25) is 0 Å². The Morgan fingerprint density at radius 2 is 2.26 bits per heavy atom. The van der Waals surface area contributed by atoms with Crippen molar-refractivity contribution in [3.8, 4) is 5.75 Å². The molecule has 2 saturated heterocycles. The second-order valence-corrected chi connectivity index (χ2v) is 5.07. The summed E-state index contributed by atoms with van der Waals surface area (Å²) >= 11 is 3.33. The summed E-state index contributed by atoms with van der Waals surface area (Å²) in [6.07, 6.45) is 1.03. The minimum atomic E-state index is -0.277. The highest BCUT2D eigenvalue weighted by Gasteiger charge is 2.48. The number of nitrogens with zero attached hydrogens (tertiary/aromatic N) is 4. The zero-order chi connectivity index (χ0) is 13.2. The quantitative estimate of drug-likeness (QED) is 0.368. The Balaban J connectivity index is 1.72. The zero-order valence-electron chi connectivity index (χ0n) is 9.85. The Hall–Kier alpha value is -1.34. The Labute approximate surface area is 117 Å². The van der Waals surface area contributed by atoms with Crippen molar-refractivity contribution in [2.24, 2.45) is 5.11 Å². The number of fused-ring (bicyclic) bond motifs is 1. The van der Waals surface area contributed by atoms with E-state index in [4.69, 9.17) is 19.7 Å². The van der Waals surface area contributed by atoms with Crippen molar-refractivity contribution >= 4 is 15.9 Å². The van der Waals surface area contributed by atoms with Crippen LogP contribution >= 0.6 is 15.9 Å². The summed E-state index contributed by atoms with van der Waals surface area (Å²) in [5, 5.41) is 3.68. The number of aromatic nitrogens is 1. The molecule has 8 heteroatoms. The molecule has 0 aromatic carbocycles. The van der Waals surface area contributed by atoms with Gasteiger partial charge in [-0.2, -0.15) is 0 Å². The SMILES string of the molecule is [N-]=[N+]=N[C@@H]1CO[C@H]2[C@@H]1OC[C@@H]2Oc1cccnc1Br. The normalized spacial score (nSPS) is 32.7. The van der Waals surface area contributed by atoms with Crippen LogP contribution < -0.4 is 4.74 Å². The average Bonchev–Trinajstić information content (AvgIpc) is 2.97. The van der Waals surface area contributed by atoms with Gasteiger partial charge in [-0.25, -0.2) is 4.98 Å². The molecule has 2 fully saturated rings. The fraction of sp³-hybridized carbons (Fsp3) is 0.545. The van der Waals surface area contributed by atoms with E-state index >= 15 is 0 Å². The molecule has 0 unspecified atom stereocenters. The number of hydrogen-bond donors (Lipinski definition) is 0. The van der Waals surface area contributed by atoms with Gasteiger partial charge in [-0.15, -0.1) is 0 Å². The Kier molecular flexibility index (Phi) is 3.56. The van der Waals surface area contributed by atoms with Gasteiger partial charge in [0, 0.05) is 11.1 Å². The number of halogens is 1. The fourth-order valence-electron chi connectivity index (χ4n) is 2.33. The van der Waals surface area contributed by atoms with Crippen LogP contribution in [-0.4, -0.2) is 42.6 Å². The molecular weight excluding hydrogens is 316 g/mol. The molecule has 0 amide bonds. The Morgan fingerprint density at radius 3 is 3.05 bits per heavy atom. The first kappa shape index (κ1) is 12.7. The van der Waals surface area contributed by atoms with Crippen molar-refractivity contribution in [3.63, 3.8) is 0 Å². The van der Waals surface area contributed by atoms with E-state index < -0.39 is 0 Å². The maximum atomic E-state index is 8.49. The smallest absolute Gasteiger partial charge is 0.152 e. The first-order chi connectivity index (χ1) is 9.29. The topological polar surface area (TPSA) is 89.3 Å². The van der Waals surface area contributed by atoms with E-state index in [0.717, 1.165) is 0 Å². The second-order valence-electron chi connectivity index (χ2n) is 4.32. The molecular formula is C11H11BrN4O3. The standard InChI is InChI=1S/C11H11BrN4O3/c12-11-7(2-1-3-14-11)19-8-5-18-9-6(15-16-13)4-17-10(8)9/h1-3,6,8-10H,4-5H2/t6-,8+,9-,10-/m1/s1. The molecule has 1 aromatic heterocycles. The number of hydrogen-bond acceptors (Lipinski definition) is 5. The van der Waals surface area contributed by atoms with Crippen LogP contribution in [-0.2, 0) is 9.47 Å². The van der Waals surface area contributed by atoms with E-state index in [-0.39, 0.29) is 24.4 Å². The summed E-state index contributed by atoms with van der Waals surface area (Å²) in [6.45, 7) is 0.779. The van der Waals surface area contributed by atoms with Crippen molar-refractivity contribution in [2.45, 2.75) is 24.4 Å². The van der Waals surface area contributed by atoms with Crippen LogP contribution in [0.3, 0.4) is 0 Å². The van der Waals surface area contributed by atoms with E-state index in [1.807, 2.05) is 6.07 Å². The van der Waals surface area contributed by atoms with Crippen LogP contribution in [0.25, 0.3) is 10.4 Å². The molecule has 19 heavy (non-hydrogen) atoms. The molecule has 3 rings (SSSR count). The molecule has 0 spiro atoms. The first-order valence-corrected chi connectivity index (χ1v) is 6.63. The van der Waals surface area contributed by atoms with Gasteiger partial charge in [0.1, 0.15) is 10.7 Å². The third-order valence-electron chi connectivity index (χ3n) is 3.19. The van der Waals surface area contributed by atoms with Crippen molar-refractivity contribution < 1.29 is 14.2 Å². The van der Waals surface area contributed by atoms with Gasteiger partial charge in [-0.1, -0.05) is 5.11 Å². The highest BCUT2D eigenvalue weighted by Crippen LogP contribution is 2.32. The lowest BCUT2D eigenvalue weighted by Crippen LogP contribution is -2.34. The van der Waals surface area contributed by atoms with Crippen LogP contribution in [0.4, 0.5) is 0 Å². The third kappa shape index (κ3) is 2.40. The van der Waals surface area contributed by atoms with Gasteiger partial charge in [0.15, 0.2) is 11.9 Å². The van der Waals surface area contributed by atoms with Crippen LogP contribution in [0.15, 0.2) is 28.0 Å². The number of ether oxygens (including phenoxy) is 3. The van der Waals surface area contributed by atoms with Gasteiger partial charge >= 0.3 is 0 Å². The molecule has 3 heterocycles. The van der Waals surface area contributed by atoms with E-state index in [1.165, 1.54) is 0 Å². The number of rotatable bonds is 3. The van der Waals surface area contributed by atoms with Crippen LogP contribution in [0.2, 0.25) is 0 Å². The van der Waals surface area contributed by atoms with Crippen molar-refractivity contribution in [3.05, 3.63) is 33.4 Å². The van der Waals surface area contributed by atoms with Crippen LogP contribution in [0.5, 0.6) is 5.75 Å². The Bertz CT molecular complexity index is 522. The molecule has 0 aliphatic carbocycles. The van der Waals surface area contributed by atoms with Crippen molar-refractivity contribution in [2.75, 3.05) is 13.2 Å². The summed E-state index contributed by atoms with van der Waals surface area (Å²) in [4.78, 5) is 6.90. The predicted molar refractivity (Wildman–Crippen MR) is 68.8 cm³/mol. The van der Waals surface area contributed by atoms with Crippen molar-refractivity contribution in [1.29, 1.82) is 0 Å². The van der Waals surface area contributed by atoms with Gasteiger partial charge in [0.05, 0.1) is 25.4 Å². The van der Waals surface area contributed by atoms with Gasteiger partial charge in [-0.05, 0) is 33.6 Å². The van der Waals surface area contributed by atoms with Crippen LogP contribution in [0, 0.1) is 0 Å². The van der Waals surface area contributed by atoms with E-state index in [0.29, 0.717) is 23.6 Å². The van der Waals surface area contributed by atoms with Gasteiger partial charge < -0.3 is 14.2 Å². The second kappa shape index (κ2) is 5.34. The molecule has 4 atom stereocenters. The molecule has 0 radical (unpaired) electrons. The average molecular weight is 327 g/mol. The molecule has 0 saturated carbocycles. The summed E-state index contributed by atoms with van der Waals surface area (Å²) in [5.74, 6) is 0.646. The molecule has 7 nitrogen and oxygen atoms in total. The monoisotopic (exact) mass is 326 g/mol. The molecule has 2 aliphatic rings. The van der Waals surface area contributed by atoms with E-state index in [2.05, 4.69) is 30.9 Å². The molecule has 1 aromatic rings. The molecule has 2 aliphatic heterocycles. The van der Waals surface area contributed by atoms with Crippen LogP contribution in [0.1, 0.15) is 0 Å². The minimum Gasteiger partial charge on any atom is -0.482 e. The van der Waals surface area contributed by atoms with E-state index in [9.17, 15) is 0 Å². The minimum absolute atomic E-state index is 0.206. The largest absolute Gasteiger partial charge is 0.482 e. The summed E-state index contributed by atoms with van der Waals surface area (Å²) in [5.41, 5.74) is 8.49. The molecule has 100 valence electrons. The molecule has 0 N–H and O–H groups in total.